The van der Waals surface area contributed by atoms with Gasteiger partial charge in [0.05, 0.1) is 30.0 Å². The minimum atomic E-state index is -1.18. The molecule has 208 valence electrons. The smallest absolute Gasteiger partial charge is 0.0853 e. The molecule has 0 aliphatic heterocycles. The minimum Gasteiger partial charge on any atom is -0.396 e. The standard InChI is InChI=1S/C30H52O6/c1-26(2)22-10-9-19-20(28(22,5)15-21(32)25(26)35)14-24(34)30(7)18(12-13-29(19,30)6)17(16-31)8-11-23(33)27(3,4)36/h17-18,21-25,31-36H,8-16H2,1-7H3/t17-,18+,21+,22+,23-,24+,25-,28+,29-,30+/m1/s1. The molecule has 6 nitrogen and oxygen atoms in total. The highest BCUT2D eigenvalue weighted by Crippen LogP contribution is 2.72. The maximum atomic E-state index is 11.9. The lowest BCUT2D eigenvalue weighted by molar-refractivity contribution is -0.163. The van der Waals surface area contributed by atoms with Crippen LogP contribution < -0.4 is 0 Å². The van der Waals surface area contributed by atoms with Crippen LogP contribution in [0.15, 0.2) is 11.1 Å². The van der Waals surface area contributed by atoms with E-state index >= 15 is 0 Å². The largest absolute Gasteiger partial charge is 0.396 e. The Hall–Kier alpha value is -0.500. The van der Waals surface area contributed by atoms with E-state index in [4.69, 9.17) is 0 Å². The molecule has 0 aromatic rings. The zero-order chi connectivity index (χ0) is 27.1. The molecule has 4 aliphatic carbocycles. The summed E-state index contributed by atoms with van der Waals surface area (Å²) < 4.78 is 0. The summed E-state index contributed by atoms with van der Waals surface area (Å²) >= 11 is 0. The van der Waals surface area contributed by atoms with Crippen molar-refractivity contribution in [3.63, 3.8) is 0 Å². The molecule has 0 spiro atoms. The first-order valence-electron chi connectivity index (χ1n) is 14.2. The molecule has 0 aromatic heterocycles. The van der Waals surface area contributed by atoms with E-state index in [2.05, 4.69) is 34.6 Å². The number of rotatable bonds is 6. The fourth-order valence-corrected chi connectivity index (χ4v) is 9.77. The molecule has 2 fully saturated rings. The summed E-state index contributed by atoms with van der Waals surface area (Å²) in [6.07, 6.45) is 2.97. The maximum Gasteiger partial charge on any atom is 0.0853 e. The van der Waals surface area contributed by atoms with Crippen LogP contribution in [-0.2, 0) is 0 Å². The lowest BCUT2D eigenvalue weighted by Crippen LogP contribution is -2.61. The summed E-state index contributed by atoms with van der Waals surface area (Å²) in [7, 11) is 0. The van der Waals surface area contributed by atoms with Crippen LogP contribution in [0.4, 0.5) is 0 Å². The Balaban J connectivity index is 1.69. The zero-order valence-corrected chi connectivity index (χ0v) is 23.6. The first kappa shape index (κ1) is 28.5. The SMILES string of the molecule is CC(C)(O)[C@H](O)CC[C@H](CO)[C@@H]1CC[C@]2(C)C3=C(C[C@H](O)[C@]12C)[C@]1(C)C[C@H](O)[C@@H](O)C(C)(C)[C@@H]1CC3. The highest BCUT2D eigenvalue weighted by Gasteiger charge is 2.67. The van der Waals surface area contributed by atoms with Crippen molar-refractivity contribution >= 4 is 0 Å². The zero-order valence-electron chi connectivity index (χ0n) is 23.6. The van der Waals surface area contributed by atoms with Crippen LogP contribution in [0.25, 0.3) is 0 Å². The second-order valence-corrected chi connectivity index (χ2v) is 14.7. The fourth-order valence-electron chi connectivity index (χ4n) is 9.77. The van der Waals surface area contributed by atoms with Crippen molar-refractivity contribution in [3.05, 3.63) is 11.1 Å². The molecule has 4 aliphatic rings. The lowest BCUT2D eigenvalue weighted by atomic mass is 9.42. The molecule has 36 heavy (non-hydrogen) atoms. The van der Waals surface area contributed by atoms with Gasteiger partial charge in [0.2, 0.25) is 0 Å². The van der Waals surface area contributed by atoms with Crippen LogP contribution in [0.2, 0.25) is 0 Å². The Morgan fingerprint density at radius 1 is 0.972 bits per heavy atom. The van der Waals surface area contributed by atoms with Gasteiger partial charge in [0.15, 0.2) is 0 Å². The molecular formula is C30H52O6. The van der Waals surface area contributed by atoms with Gasteiger partial charge in [-0.25, -0.2) is 0 Å². The number of aliphatic hydroxyl groups is 6. The topological polar surface area (TPSA) is 121 Å². The van der Waals surface area contributed by atoms with Gasteiger partial charge in [-0.15, -0.1) is 0 Å². The predicted molar refractivity (Wildman–Crippen MR) is 140 cm³/mol. The summed E-state index contributed by atoms with van der Waals surface area (Å²) in [5.74, 6) is 0.308. The molecule has 0 aromatic carbocycles. The number of fused-ring (bicyclic) bond motifs is 4. The van der Waals surface area contributed by atoms with E-state index < -0.39 is 40.8 Å². The van der Waals surface area contributed by atoms with Crippen molar-refractivity contribution in [2.24, 2.45) is 39.4 Å². The first-order valence-corrected chi connectivity index (χ1v) is 14.2. The molecule has 10 atom stereocenters. The van der Waals surface area contributed by atoms with Crippen LogP contribution in [-0.4, -0.2) is 67.3 Å². The molecule has 0 radical (unpaired) electrons. The predicted octanol–water partition coefficient (Wildman–Crippen LogP) is 3.56. The lowest BCUT2D eigenvalue weighted by Gasteiger charge is -2.63. The summed E-state index contributed by atoms with van der Waals surface area (Å²) in [5, 5.41) is 64.7. The van der Waals surface area contributed by atoms with Crippen molar-refractivity contribution in [3.8, 4) is 0 Å². The van der Waals surface area contributed by atoms with Gasteiger partial charge >= 0.3 is 0 Å². The molecule has 0 heterocycles. The summed E-state index contributed by atoms with van der Waals surface area (Å²) in [6, 6.07) is 0. The third-order valence-electron chi connectivity index (χ3n) is 12.3. The molecule has 0 amide bonds. The van der Waals surface area contributed by atoms with Crippen LogP contribution in [0, 0.1) is 39.4 Å². The van der Waals surface area contributed by atoms with E-state index in [1.54, 1.807) is 13.8 Å². The third kappa shape index (κ3) is 3.88. The van der Waals surface area contributed by atoms with Gasteiger partial charge in [-0.2, -0.15) is 0 Å². The Labute approximate surface area is 217 Å². The number of hydrogen-bond acceptors (Lipinski definition) is 6. The molecular weight excluding hydrogens is 456 g/mol. The van der Waals surface area contributed by atoms with Gasteiger partial charge in [-0.1, -0.05) is 45.8 Å². The highest BCUT2D eigenvalue weighted by molar-refractivity contribution is 5.40. The Bertz CT molecular complexity index is 875. The van der Waals surface area contributed by atoms with Gasteiger partial charge in [0.25, 0.3) is 0 Å². The molecule has 0 saturated heterocycles. The second-order valence-electron chi connectivity index (χ2n) is 14.7. The Morgan fingerprint density at radius 3 is 2.19 bits per heavy atom. The first-order chi connectivity index (χ1) is 16.5. The average Bonchev–Trinajstić information content (AvgIpc) is 3.06. The van der Waals surface area contributed by atoms with Crippen molar-refractivity contribution in [1.82, 2.24) is 0 Å². The normalized spacial score (nSPS) is 46.1. The van der Waals surface area contributed by atoms with Crippen LogP contribution in [0.5, 0.6) is 0 Å². The summed E-state index contributed by atoms with van der Waals surface area (Å²) in [6.45, 7) is 14.2. The van der Waals surface area contributed by atoms with Crippen molar-refractivity contribution in [1.29, 1.82) is 0 Å². The fraction of sp³-hybridized carbons (Fsp3) is 0.933. The van der Waals surface area contributed by atoms with Crippen molar-refractivity contribution in [2.45, 2.75) is 130 Å². The number of allylic oxidation sites excluding steroid dienone is 1. The van der Waals surface area contributed by atoms with E-state index in [0.29, 0.717) is 25.7 Å². The van der Waals surface area contributed by atoms with Crippen molar-refractivity contribution < 1.29 is 30.6 Å². The highest BCUT2D eigenvalue weighted by atomic mass is 16.3. The van der Waals surface area contributed by atoms with Gasteiger partial charge in [0, 0.05) is 12.0 Å². The Morgan fingerprint density at radius 2 is 1.61 bits per heavy atom. The molecule has 0 bridgehead atoms. The molecule has 0 unspecified atom stereocenters. The number of hydrogen-bond donors (Lipinski definition) is 6. The van der Waals surface area contributed by atoms with E-state index in [0.717, 1.165) is 25.7 Å². The molecule has 6 N–H and O–H groups in total. The molecule has 2 saturated carbocycles. The van der Waals surface area contributed by atoms with Gasteiger partial charge < -0.3 is 30.6 Å². The summed E-state index contributed by atoms with van der Waals surface area (Å²) in [5.41, 5.74) is 0.313. The summed E-state index contributed by atoms with van der Waals surface area (Å²) in [4.78, 5) is 0. The third-order valence-corrected chi connectivity index (χ3v) is 12.3. The van der Waals surface area contributed by atoms with E-state index in [1.165, 1.54) is 11.1 Å². The van der Waals surface area contributed by atoms with Crippen LogP contribution in [0.1, 0.15) is 99.8 Å². The van der Waals surface area contributed by atoms with Gasteiger partial charge in [-0.05, 0) is 99.2 Å². The van der Waals surface area contributed by atoms with Gasteiger partial charge in [0.1, 0.15) is 0 Å². The van der Waals surface area contributed by atoms with Crippen molar-refractivity contribution in [2.75, 3.05) is 6.61 Å². The van der Waals surface area contributed by atoms with Crippen LogP contribution >= 0.6 is 0 Å². The van der Waals surface area contributed by atoms with E-state index in [1.807, 2.05) is 0 Å². The van der Waals surface area contributed by atoms with Gasteiger partial charge in [-0.3, -0.25) is 0 Å². The van der Waals surface area contributed by atoms with E-state index in [-0.39, 0.29) is 35.2 Å². The molecule has 4 rings (SSSR count). The van der Waals surface area contributed by atoms with E-state index in [9.17, 15) is 30.6 Å². The average molecular weight is 509 g/mol. The minimum absolute atomic E-state index is 0.00555. The quantitative estimate of drug-likeness (QED) is 0.305. The Kier molecular flexibility index (Phi) is 7.15. The second kappa shape index (κ2) is 9.02. The number of aliphatic hydroxyl groups excluding tert-OH is 5. The van der Waals surface area contributed by atoms with Crippen LogP contribution in [0.3, 0.4) is 0 Å². The maximum absolute atomic E-state index is 11.9. The molecule has 6 heteroatoms. The monoisotopic (exact) mass is 508 g/mol.